The van der Waals surface area contributed by atoms with Gasteiger partial charge in [-0.15, -0.1) is 0 Å². The van der Waals surface area contributed by atoms with Crippen LogP contribution in [0.15, 0.2) is 35.1 Å². The van der Waals surface area contributed by atoms with Gasteiger partial charge in [-0.3, -0.25) is 9.59 Å². The fourth-order valence-electron chi connectivity index (χ4n) is 2.45. The Bertz CT molecular complexity index is 801. The van der Waals surface area contributed by atoms with Crippen molar-refractivity contribution in [1.82, 2.24) is 15.1 Å². The number of hydrogen-bond acceptors (Lipinski definition) is 5. The third-order valence-corrected chi connectivity index (χ3v) is 3.81. The zero-order valence-corrected chi connectivity index (χ0v) is 14.9. The smallest absolute Gasteiger partial charge is 0.272 e. The lowest BCUT2D eigenvalue weighted by Gasteiger charge is -2.18. The zero-order chi connectivity index (χ0) is 18.4. The van der Waals surface area contributed by atoms with Gasteiger partial charge < -0.3 is 14.8 Å². The molecule has 0 saturated heterocycles. The van der Waals surface area contributed by atoms with Crippen molar-refractivity contribution in [1.29, 1.82) is 0 Å². The molecule has 7 heteroatoms. The zero-order valence-electron chi connectivity index (χ0n) is 14.9. The highest BCUT2D eigenvalue weighted by atomic mass is 16.5. The first-order chi connectivity index (χ1) is 12.0. The fraction of sp³-hybridized carbons (Fsp3) is 0.389. The molecule has 0 saturated carbocycles. The van der Waals surface area contributed by atoms with E-state index in [1.54, 1.807) is 14.2 Å². The lowest BCUT2D eigenvalue weighted by Crippen LogP contribution is -2.32. The van der Waals surface area contributed by atoms with Crippen LogP contribution in [0.3, 0.4) is 0 Å². The van der Waals surface area contributed by atoms with Gasteiger partial charge in [0.15, 0.2) is 0 Å². The molecule has 1 atom stereocenters. The first-order valence-corrected chi connectivity index (χ1v) is 7.98. The summed E-state index contributed by atoms with van der Waals surface area (Å²) in [4.78, 5) is 24.3. The molecular weight excluding hydrogens is 322 g/mol. The van der Waals surface area contributed by atoms with Crippen LogP contribution in [0.2, 0.25) is 0 Å². The minimum Gasteiger partial charge on any atom is -0.496 e. The van der Waals surface area contributed by atoms with Crippen LogP contribution < -0.4 is 15.6 Å². The van der Waals surface area contributed by atoms with Gasteiger partial charge in [0, 0.05) is 18.7 Å². The number of amides is 1. The minimum atomic E-state index is -0.359. The Hall–Kier alpha value is -2.67. The molecule has 7 nitrogen and oxygen atoms in total. The second-order valence-electron chi connectivity index (χ2n) is 5.71. The summed E-state index contributed by atoms with van der Waals surface area (Å²) >= 11 is 0. The van der Waals surface area contributed by atoms with Crippen LogP contribution in [0, 0.1) is 6.92 Å². The van der Waals surface area contributed by atoms with E-state index in [1.807, 2.05) is 32.0 Å². The summed E-state index contributed by atoms with van der Waals surface area (Å²) in [5.74, 6) is 0.346. The van der Waals surface area contributed by atoms with Crippen molar-refractivity contribution in [3.05, 3.63) is 57.5 Å². The van der Waals surface area contributed by atoms with E-state index < -0.39 is 0 Å². The Labute approximate surface area is 146 Å². The third kappa shape index (κ3) is 4.67. The van der Waals surface area contributed by atoms with Crippen molar-refractivity contribution in [3.8, 4) is 5.75 Å². The van der Waals surface area contributed by atoms with Gasteiger partial charge in [-0.25, -0.2) is 4.68 Å². The minimum absolute atomic E-state index is 0.175. The summed E-state index contributed by atoms with van der Waals surface area (Å²) in [6.45, 7) is 4.48. The Kier molecular flexibility index (Phi) is 6.30. The Balaban J connectivity index is 2.19. The van der Waals surface area contributed by atoms with Gasteiger partial charge in [0.1, 0.15) is 11.4 Å². The third-order valence-electron chi connectivity index (χ3n) is 3.81. The molecule has 1 unspecified atom stereocenters. The quantitative estimate of drug-likeness (QED) is 0.826. The van der Waals surface area contributed by atoms with E-state index in [4.69, 9.17) is 9.47 Å². The molecule has 0 aliphatic carbocycles. The average molecular weight is 345 g/mol. The molecule has 2 rings (SSSR count). The lowest BCUT2D eigenvalue weighted by atomic mass is 10.0. The van der Waals surface area contributed by atoms with Crippen molar-refractivity contribution < 1.29 is 14.3 Å². The predicted molar refractivity (Wildman–Crippen MR) is 94.0 cm³/mol. The number of rotatable bonds is 7. The number of aryl methyl sites for hydroxylation is 1. The molecule has 0 aliphatic rings. The molecule has 1 heterocycles. The van der Waals surface area contributed by atoms with Crippen LogP contribution in [0.4, 0.5) is 0 Å². The topological polar surface area (TPSA) is 82.5 Å². The molecule has 0 radical (unpaired) electrons. The van der Waals surface area contributed by atoms with E-state index in [-0.39, 0.29) is 29.7 Å². The summed E-state index contributed by atoms with van der Waals surface area (Å²) in [7, 11) is 3.13. The highest BCUT2D eigenvalue weighted by molar-refractivity contribution is 5.92. The molecule has 1 amide bonds. The van der Waals surface area contributed by atoms with Crippen LogP contribution in [0.25, 0.3) is 0 Å². The maximum Gasteiger partial charge on any atom is 0.272 e. The maximum atomic E-state index is 12.5. The molecule has 1 aromatic heterocycles. The molecule has 1 aromatic carbocycles. The molecular formula is C18H23N3O4. The summed E-state index contributed by atoms with van der Waals surface area (Å²) < 4.78 is 11.5. The molecule has 1 N–H and O–H groups in total. The Morgan fingerprint density at radius 2 is 2.04 bits per heavy atom. The number of ether oxygens (including phenoxy) is 2. The van der Waals surface area contributed by atoms with Crippen LogP contribution in [-0.4, -0.2) is 36.5 Å². The van der Waals surface area contributed by atoms with Gasteiger partial charge in [-0.1, -0.05) is 17.7 Å². The van der Waals surface area contributed by atoms with Crippen LogP contribution in [0.5, 0.6) is 5.75 Å². The van der Waals surface area contributed by atoms with Gasteiger partial charge in [-0.2, -0.15) is 5.10 Å². The van der Waals surface area contributed by atoms with Gasteiger partial charge in [0.25, 0.3) is 11.5 Å². The Morgan fingerprint density at radius 1 is 1.28 bits per heavy atom. The maximum absolute atomic E-state index is 12.5. The van der Waals surface area contributed by atoms with Crippen LogP contribution >= 0.6 is 0 Å². The first-order valence-electron chi connectivity index (χ1n) is 7.98. The van der Waals surface area contributed by atoms with Gasteiger partial charge >= 0.3 is 0 Å². The van der Waals surface area contributed by atoms with E-state index in [1.165, 1.54) is 16.8 Å². The van der Waals surface area contributed by atoms with E-state index in [0.29, 0.717) is 12.4 Å². The number of nitrogens with one attached hydrogen (secondary N) is 1. The summed E-state index contributed by atoms with van der Waals surface area (Å²) in [6.07, 6.45) is 0. The number of benzene rings is 1. The van der Waals surface area contributed by atoms with Crippen molar-refractivity contribution in [2.75, 3.05) is 20.8 Å². The van der Waals surface area contributed by atoms with E-state index in [0.717, 1.165) is 11.1 Å². The molecule has 0 spiro atoms. The molecule has 134 valence electrons. The largest absolute Gasteiger partial charge is 0.496 e. The van der Waals surface area contributed by atoms with Crippen molar-refractivity contribution in [2.45, 2.75) is 26.4 Å². The number of nitrogens with zero attached hydrogens (tertiary/aromatic N) is 2. The molecule has 0 bridgehead atoms. The van der Waals surface area contributed by atoms with Crippen molar-refractivity contribution in [2.24, 2.45) is 0 Å². The monoisotopic (exact) mass is 345 g/mol. The van der Waals surface area contributed by atoms with Crippen LogP contribution in [0.1, 0.15) is 34.6 Å². The predicted octanol–water partition coefficient (Wildman–Crippen LogP) is 1.70. The normalized spacial score (nSPS) is 11.8. The molecule has 0 fully saturated rings. The Morgan fingerprint density at radius 3 is 2.72 bits per heavy atom. The SMILES string of the molecule is COCCn1nc(C(=O)NC(C)c2cc(C)ccc2OC)ccc1=O. The second kappa shape index (κ2) is 8.43. The fourth-order valence-corrected chi connectivity index (χ4v) is 2.45. The number of hydrogen-bond donors (Lipinski definition) is 1. The van der Waals surface area contributed by atoms with Gasteiger partial charge in [-0.05, 0) is 26.0 Å². The number of methoxy groups -OCH3 is 2. The highest BCUT2D eigenvalue weighted by Crippen LogP contribution is 2.26. The second-order valence-corrected chi connectivity index (χ2v) is 5.71. The molecule has 0 aliphatic heterocycles. The van der Waals surface area contributed by atoms with Gasteiger partial charge in [0.05, 0.1) is 26.3 Å². The van der Waals surface area contributed by atoms with Crippen LogP contribution in [-0.2, 0) is 11.3 Å². The number of aromatic nitrogens is 2. The van der Waals surface area contributed by atoms with Crippen molar-refractivity contribution >= 4 is 5.91 Å². The first kappa shape index (κ1) is 18.7. The summed E-state index contributed by atoms with van der Waals surface area (Å²) in [5.41, 5.74) is 1.85. The van der Waals surface area contributed by atoms with Crippen molar-refractivity contribution in [3.63, 3.8) is 0 Å². The summed E-state index contributed by atoms with van der Waals surface area (Å²) in [5, 5.41) is 6.99. The lowest BCUT2D eigenvalue weighted by molar-refractivity contribution is 0.0930. The number of carbonyl (C=O) groups is 1. The summed E-state index contributed by atoms with van der Waals surface area (Å²) in [6, 6.07) is 8.26. The molecule has 2 aromatic rings. The molecule has 25 heavy (non-hydrogen) atoms. The average Bonchev–Trinajstić information content (AvgIpc) is 2.60. The van der Waals surface area contributed by atoms with Gasteiger partial charge in [0.2, 0.25) is 0 Å². The number of carbonyl (C=O) groups excluding carboxylic acids is 1. The standard InChI is InChI=1S/C18H23N3O4/c1-12-5-7-16(25-4)14(11-12)13(2)19-18(23)15-6-8-17(22)21(20-15)9-10-24-3/h5-8,11,13H,9-10H2,1-4H3,(H,19,23). The highest BCUT2D eigenvalue weighted by Gasteiger charge is 2.17. The van der Waals surface area contributed by atoms with E-state index >= 15 is 0 Å². The van der Waals surface area contributed by atoms with E-state index in [9.17, 15) is 9.59 Å². The van der Waals surface area contributed by atoms with E-state index in [2.05, 4.69) is 10.4 Å².